The molecule has 0 saturated carbocycles. The molecular weight excluding hydrogens is 345 g/mol. The van der Waals surface area contributed by atoms with Crippen LogP contribution in [0.3, 0.4) is 0 Å². The number of hydrogen-bond donors (Lipinski definition) is 3. The molecule has 1 heterocycles. The molecule has 1 rings (SSSR count). The number of rotatable bonds is 3. The molecule has 0 radical (unpaired) electrons. The van der Waals surface area contributed by atoms with E-state index in [2.05, 4.69) is 26.2 Å². The number of amides is 1. The lowest BCUT2D eigenvalue weighted by Gasteiger charge is -2.14. The van der Waals surface area contributed by atoms with Gasteiger partial charge in [0, 0.05) is 10.7 Å². The topological polar surface area (TPSA) is 88.0 Å². The lowest BCUT2D eigenvalue weighted by atomic mass is 10.1. The summed E-state index contributed by atoms with van der Waals surface area (Å²) in [6.45, 7) is 3.69. The summed E-state index contributed by atoms with van der Waals surface area (Å²) in [6, 6.07) is 0.905. The Morgan fingerprint density at radius 2 is 2.00 bits per heavy atom. The van der Waals surface area contributed by atoms with Gasteiger partial charge in [0.1, 0.15) is 5.69 Å². The number of anilines is 1. The first-order valence-corrected chi connectivity index (χ1v) is 5.65. The highest BCUT2D eigenvalue weighted by Gasteiger charge is 2.18. The number of carbonyl (C=O) groups excluding carboxylic acids is 1. The molecule has 1 atom stereocenters. The van der Waals surface area contributed by atoms with Gasteiger partial charge in [-0.05, 0) is 27.9 Å². The summed E-state index contributed by atoms with van der Waals surface area (Å²) in [7, 11) is 0. The van der Waals surface area contributed by atoms with Crippen LogP contribution in [0.1, 0.15) is 13.8 Å². The third-order valence-corrected chi connectivity index (χ3v) is 2.60. The largest absolute Gasteiger partial charge is 0.326 e. The average Bonchev–Trinajstić information content (AvgIpc) is 2.22. The van der Waals surface area contributed by atoms with E-state index in [9.17, 15) is 9.59 Å². The molecule has 1 amide bonds. The summed E-state index contributed by atoms with van der Waals surface area (Å²) >= 11 is 3.20. The highest BCUT2D eigenvalue weighted by Crippen LogP contribution is 2.10. The Balaban J connectivity index is 0. The Kier molecular flexibility index (Phi) is 9.37. The number of halogens is 3. The second-order valence-electron chi connectivity index (χ2n) is 3.82. The highest BCUT2D eigenvalue weighted by molar-refractivity contribution is 9.10. The van der Waals surface area contributed by atoms with Crippen molar-refractivity contribution < 1.29 is 4.79 Å². The molecule has 1 aromatic rings. The van der Waals surface area contributed by atoms with Gasteiger partial charge in [-0.1, -0.05) is 13.8 Å². The first kappa shape index (κ1) is 19.8. The molecule has 0 unspecified atom stereocenters. The number of aromatic nitrogens is 1. The number of hydrogen-bond acceptors (Lipinski definition) is 3. The van der Waals surface area contributed by atoms with Crippen LogP contribution in [0.25, 0.3) is 0 Å². The summed E-state index contributed by atoms with van der Waals surface area (Å²) < 4.78 is 0.681. The number of pyridine rings is 1. The predicted molar refractivity (Wildman–Crippen MR) is 80.7 cm³/mol. The Hall–Kier alpha value is -0.560. The maximum absolute atomic E-state index is 11.6. The molecule has 0 aromatic carbocycles. The summed E-state index contributed by atoms with van der Waals surface area (Å²) in [5.41, 5.74) is 5.50. The van der Waals surface area contributed by atoms with Crippen molar-refractivity contribution in [1.82, 2.24) is 4.98 Å². The van der Waals surface area contributed by atoms with Crippen LogP contribution in [-0.2, 0) is 4.79 Å². The van der Waals surface area contributed by atoms with E-state index < -0.39 is 6.04 Å². The van der Waals surface area contributed by atoms with Crippen molar-refractivity contribution in [3.63, 3.8) is 0 Å². The van der Waals surface area contributed by atoms with Crippen LogP contribution in [-0.4, -0.2) is 16.9 Å². The van der Waals surface area contributed by atoms with E-state index >= 15 is 0 Å². The lowest BCUT2D eigenvalue weighted by molar-refractivity contribution is -0.118. The number of aromatic amines is 1. The molecule has 0 aliphatic rings. The third-order valence-electron chi connectivity index (χ3n) is 2.15. The van der Waals surface area contributed by atoms with Crippen molar-refractivity contribution in [2.75, 3.05) is 5.32 Å². The Morgan fingerprint density at radius 1 is 1.44 bits per heavy atom. The van der Waals surface area contributed by atoms with Gasteiger partial charge in [-0.3, -0.25) is 9.59 Å². The van der Waals surface area contributed by atoms with E-state index in [1.165, 1.54) is 12.3 Å². The van der Waals surface area contributed by atoms with E-state index in [4.69, 9.17) is 5.73 Å². The van der Waals surface area contributed by atoms with Crippen LogP contribution < -0.4 is 16.6 Å². The molecule has 18 heavy (non-hydrogen) atoms. The number of nitrogens with one attached hydrogen (secondary N) is 2. The normalized spacial score (nSPS) is 11.2. The minimum atomic E-state index is -0.626. The van der Waals surface area contributed by atoms with Crippen LogP contribution in [0.5, 0.6) is 0 Å². The van der Waals surface area contributed by atoms with Crippen LogP contribution in [0.15, 0.2) is 21.5 Å². The van der Waals surface area contributed by atoms with Crippen molar-refractivity contribution in [1.29, 1.82) is 0 Å². The van der Waals surface area contributed by atoms with E-state index in [0.29, 0.717) is 4.47 Å². The zero-order valence-corrected chi connectivity index (χ0v) is 13.1. The SMILES string of the molecule is CC(C)[C@H](N)C(=O)Nc1cc(Br)c[nH]c1=O.Cl.Cl. The highest BCUT2D eigenvalue weighted by atomic mass is 79.9. The fourth-order valence-corrected chi connectivity index (χ4v) is 1.41. The maximum atomic E-state index is 11.6. The van der Waals surface area contributed by atoms with Crippen molar-refractivity contribution in [2.45, 2.75) is 19.9 Å². The molecule has 8 heteroatoms. The molecule has 0 aliphatic carbocycles. The smallest absolute Gasteiger partial charge is 0.271 e. The second-order valence-corrected chi connectivity index (χ2v) is 4.74. The molecule has 1 aromatic heterocycles. The molecule has 5 nitrogen and oxygen atoms in total. The van der Waals surface area contributed by atoms with Gasteiger partial charge in [0.2, 0.25) is 5.91 Å². The first-order valence-electron chi connectivity index (χ1n) is 4.86. The van der Waals surface area contributed by atoms with Gasteiger partial charge in [-0.25, -0.2) is 0 Å². The zero-order valence-electron chi connectivity index (χ0n) is 9.90. The van der Waals surface area contributed by atoms with E-state index in [0.717, 1.165) is 0 Å². The fraction of sp³-hybridized carbons (Fsp3) is 0.400. The van der Waals surface area contributed by atoms with Gasteiger partial charge in [0.15, 0.2) is 0 Å². The number of nitrogens with two attached hydrogens (primary N) is 1. The summed E-state index contributed by atoms with van der Waals surface area (Å²) in [5, 5.41) is 2.49. The van der Waals surface area contributed by atoms with Crippen molar-refractivity contribution in [2.24, 2.45) is 11.7 Å². The first-order chi connectivity index (χ1) is 7.41. The average molecular weight is 361 g/mol. The monoisotopic (exact) mass is 359 g/mol. The molecule has 0 spiro atoms. The summed E-state index contributed by atoms with van der Waals surface area (Å²) in [6.07, 6.45) is 1.50. The van der Waals surface area contributed by atoms with Crippen LogP contribution in [0.4, 0.5) is 5.69 Å². The van der Waals surface area contributed by atoms with Crippen molar-refractivity contribution in [3.8, 4) is 0 Å². The third kappa shape index (κ3) is 5.39. The lowest BCUT2D eigenvalue weighted by Crippen LogP contribution is -2.40. The van der Waals surface area contributed by atoms with Crippen LogP contribution >= 0.6 is 40.7 Å². The van der Waals surface area contributed by atoms with E-state index in [1.807, 2.05) is 13.8 Å². The zero-order chi connectivity index (χ0) is 12.3. The quantitative estimate of drug-likeness (QED) is 0.769. The molecular formula is C10H16BrCl2N3O2. The van der Waals surface area contributed by atoms with Crippen molar-refractivity contribution >= 4 is 52.3 Å². The minimum absolute atomic E-state index is 0. The van der Waals surface area contributed by atoms with Crippen LogP contribution in [0, 0.1) is 5.92 Å². The Labute approximate surface area is 126 Å². The second kappa shape index (κ2) is 8.53. The predicted octanol–water partition coefficient (Wildman–Crippen LogP) is 1.90. The number of carbonyl (C=O) groups is 1. The minimum Gasteiger partial charge on any atom is -0.326 e. The maximum Gasteiger partial charge on any atom is 0.271 e. The van der Waals surface area contributed by atoms with E-state index in [-0.39, 0.29) is 47.9 Å². The Bertz CT molecular complexity index is 451. The Morgan fingerprint density at radius 3 is 2.50 bits per heavy atom. The van der Waals surface area contributed by atoms with Gasteiger partial charge in [-0.15, -0.1) is 24.8 Å². The molecule has 4 N–H and O–H groups in total. The molecule has 0 fully saturated rings. The number of H-pyrrole nitrogens is 1. The van der Waals surface area contributed by atoms with Crippen molar-refractivity contribution in [3.05, 3.63) is 27.1 Å². The molecule has 0 bridgehead atoms. The standard InChI is InChI=1S/C10H14BrN3O2.2ClH/c1-5(2)8(12)10(16)14-7-3-6(11)4-13-9(7)15;;/h3-5,8H,12H2,1-2H3,(H,13,15)(H,14,16);2*1H/t8-;;/m0../s1. The van der Waals surface area contributed by atoms with Crippen LogP contribution in [0.2, 0.25) is 0 Å². The van der Waals surface area contributed by atoms with Gasteiger partial charge in [0.05, 0.1) is 6.04 Å². The van der Waals surface area contributed by atoms with Gasteiger partial charge in [0.25, 0.3) is 5.56 Å². The van der Waals surface area contributed by atoms with Gasteiger partial charge < -0.3 is 16.0 Å². The van der Waals surface area contributed by atoms with E-state index in [1.54, 1.807) is 0 Å². The summed E-state index contributed by atoms with van der Waals surface area (Å²) in [5.74, 6) is -0.343. The molecule has 0 saturated heterocycles. The van der Waals surface area contributed by atoms with Gasteiger partial charge >= 0.3 is 0 Å². The summed E-state index contributed by atoms with van der Waals surface area (Å²) in [4.78, 5) is 25.5. The molecule has 0 aliphatic heterocycles. The van der Waals surface area contributed by atoms with Gasteiger partial charge in [-0.2, -0.15) is 0 Å². The molecule has 104 valence electrons. The fourth-order valence-electron chi connectivity index (χ4n) is 1.07.